The van der Waals surface area contributed by atoms with Gasteiger partial charge in [0, 0.05) is 6.54 Å². The molecule has 0 saturated carbocycles. The maximum absolute atomic E-state index is 7.82. The third-order valence-corrected chi connectivity index (χ3v) is 0.362. The summed E-state index contributed by atoms with van der Waals surface area (Å²) >= 11 is 0. The molecule has 0 aromatic rings. The fourth-order valence-electron chi connectivity index (χ4n) is 0.112. The topological polar surface area (TPSA) is 32.3 Å². The van der Waals surface area contributed by atoms with Gasteiger partial charge in [-0.2, -0.15) is 0 Å². The highest BCUT2D eigenvalue weighted by Gasteiger charge is 1.66. The third-order valence-electron chi connectivity index (χ3n) is 0.362. The first kappa shape index (κ1) is 9.33. The molecule has 0 aliphatic rings. The number of hydroxylamine groups is 1. The van der Waals surface area contributed by atoms with Gasteiger partial charge in [0.25, 0.3) is 0 Å². The van der Waals surface area contributed by atoms with Crippen molar-refractivity contribution >= 4 is 0 Å². The van der Waals surface area contributed by atoms with Gasteiger partial charge in [-0.05, 0) is 6.42 Å². The Kier molecular flexibility index (Phi) is 13.8. The molecule has 40 valence electrons. The highest BCUT2D eigenvalue weighted by Crippen LogP contribution is 1.62. The molecule has 2 heteroatoms. The molecule has 0 spiro atoms. The summed E-state index contributed by atoms with van der Waals surface area (Å²) in [6.07, 6.45) is 0.983. The Morgan fingerprint density at radius 3 is 2.17 bits per heavy atom. The minimum absolute atomic E-state index is 0. The van der Waals surface area contributed by atoms with Crippen molar-refractivity contribution in [1.29, 1.82) is 0 Å². The van der Waals surface area contributed by atoms with Crippen molar-refractivity contribution < 1.29 is 5.21 Å². The van der Waals surface area contributed by atoms with Gasteiger partial charge in [0.15, 0.2) is 0 Å². The molecule has 0 atom stereocenters. The molecule has 0 radical (unpaired) electrons. The smallest absolute Gasteiger partial charge is 0.0204 e. The van der Waals surface area contributed by atoms with E-state index in [4.69, 9.17) is 5.21 Å². The predicted molar refractivity (Wildman–Crippen MR) is 26.8 cm³/mol. The van der Waals surface area contributed by atoms with Gasteiger partial charge < -0.3 is 5.21 Å². The molecule has 0 unspecified atom stereocenters. The molecule has 0 rings (SSSR count). The monoisotopic (exact) mass is 91.1 g/mol. The molecule has 0 aromatic heterocycles. The average molecular weight is 91.2 g/mol. The van der Waals surface area contributed by atoms with Gasteiger partial charge in [0.1, 0.15) is 0 Å². The first-order valence-electron chi connectivity index (χ1n) is 1.78. The maximum Gasteiger partial charge on any atom is 0.0204 e. The zero-order chi connectivity index (χ0) is 4.12. The van der Waals surface area contributed by atoms with Crippen LogP contribution in [0, 0.1) is 0 Å². The van der Waals surface area contributed by atoms with E-state index < -0.39 is 0 Å². The Bertz CT molecular complexity index is 15.0. The number of nitrogens with one attached hydrogen (secondary N) is 1. The summed E-state index contributed by atoms with van der Waals surface area (Å²) in [4.78, 5) is 0. The van der Waals surface area contributed by atoms with Crippen LogP contribution in [0.3, 0.4) is 0 Å². The van der Waals surface area contributed by atoms with E-state index in [1.807, 2.05) is 12.4 Å². The fraction of sp³-hybridized carbons (Fsp3) is 1.00. The Morgan fingerprint density at radius 1 is 1.67 bits per heavy atom. The van der Waals surface area contributed by atoms with Crippen molar-refractivity contribution in [3.8, 4) is 0 Å². The molecule has 0 aliphatic carbocycles. The van der Waals surface area contributed by atoms with Gasteiger partial charge in [-0.25, -0.2) is 5.48 Å². The first-order chi connectivity index (χ1) is 2.41. The SMILES string of the molecule is C.CCCNO. The highest BCUT2D eigenvalue weighted by molar-refractivity contribution is 4.22. The van der Waals surface area contributed by atoms with Crippen LogP contribution in [0.4, 0.5) is 0 Å². The molecule has 0 aliphatic heterocycles. The molecule has 0 fully saturated rings. The first-order valence-corrected chi connectivity index (χ1v) is 1.78. The summed E-state index contributed by atoms with van der Waals surface area (Å²) in [6, 6.07) is 0. The van der Waals surface area contributed by atoms with Gasteiger partial charge in [-0.15, -0.1) is 0 Å². The predicted octanol–water partition coefficient (Wildman–Crippen LogP) is 1.01. The van der Waals surface area contributed by atoms with Crippen LogP contribution >= 0.6 is 0 Å². The Labute approximate surface area is 39.1 Å². The van der Waals surface area contributed by atoms with Crippen LogP contribution in [0.2, 0.25) is 0 Å². The van der Waals surface area contributed by atoms with Crippen molar-refractivity contribution in [2.45, 2.75) is 20.8 Å². The summed E-state index contributed by atoms with van der Waals surface area (Å²) in [5, 5.41) is 7.82. The van der Waals surface area contributed by atoms with E-state index in [-0.39, 0.29) is 7.43 Å². The van der Waals surface area contributed by atoms with Crippen LogP contribution < -0.4 is 5.48 Å². The summed E-state index contributed by atoms with van der Waals surface area (Å²) in [5.74, 6) is 0. The Balaban J connectivity index is 0. The number of hydrogen-bond acceptors (Lipinski definition) is 2. The van der Waals surface area contributed by atoms with E-state index in [9.17, 15) is 0 Å². The summed E-state index contributed by atoms with van der Waals surface area (Å²) in [7, 11) is 0. The lowest BCUT2D eigenvalue weighted by Crippen LogP contribution is -2.06. The largest absolute Gasteiger partial charge is 0.317 e. The molecule has 0 aromatic carbocycles. The van der Waals surface area contributed by atoms with Crippen LogP contribution in [-0.4, -0.2) is 11.8 Å². The van der Waals surface area contributed by atoms with Crippen molar-refractivity contribution in [3.63, 3.8) is 0 Å². The van der Waals surface area contributed by atoms with Crippen LogP contribution in [0.1, 0.15) is 20.8 Å². The molecule has 0 heterocycles. The summed E-state index contributed by atoms with van der Waals surface area (Å²) < 4.78 is 0. The molecule has 0 bridgehead atoms. The molecular formula is C4H13NO. The van der Waals surface area contributed by atoms with Gasteiger partial charge in [0.2, 0.25) is 0 Å². The van der Waals surface area contributed by atoms with Gasteiger partial charge in [-0.1, -0.05) is 14.4 Å². The lowest BCUT2D eigenvalue weighted by molar-refractivity contribution is 0.167. The summed E-state index contributed by atoms with van der Waals surface area (Å²) in [6.45, 7) is 2.68. The zero-order valence-electron chi connectivity index (χ0n) is 3.36. The molecule has 6 heavy (non-hydrogen) atoms. The number of rotatable bonds is 2. The normalized spacial score (nSPS) is 7.00. The van der Waals surface area contributed by atoms with Gasteiger partial charge in [-0.3, -0.25) is 0 Å². The number of hydrogen-bond donors (Lipinski definition) is 2. The van der Waals surface area contributed by atoms with E-state index in [0.29, 0.717) is 6.54 Å². The van der Waals surface area contributed by atoms with E-state index >= 15 is 0 Å². The van der Waals surface area contributed by atoms with Gasteiger partial charge >= 0.3 is 0 Å². The van der Waals surface area contributed by atoms with Crippen molar-refractivity contribution in [3.05, 3.63) is 0 Å². The average Bonchev–Trinajstić information content (AvgIpc) is 1.41. The van der Waals surface area contributed by atoms with Gasteiger partial charge in [0.05, 0.1) is 0 Å². The lowest BCUT2D eigenvalue weighted by atomic mass is 10.5. The second-order valence-electron chi connectivity index (χ2n) is 0.908. The molecule has 0 saturated heterocycles. The van der Waals surface area contributed by atoms with E-state index in [1.54, 1.807) is 0 Å². The molecule has 2 N–H and O–H groups in total. The second-order valence-corrected chi connectivity index (χ2v) is 0.908. The summed E-state index contributed by atoms with van der Waals surface area (Å²) in [5.41, 5.74) is 2.02. The second kappa shape index (κ2) is 8.87. The fourth-order valence-corrected chi connectivity index (χ4v) is 0.112. The van der Waals surface area contributed by atoms with E-state index in [0.717, 1.165) is 6.42 Å². The zero-order valence-corrected chi connectivity index (χ0v) is 3.36. The van der Waals surface area contributed by atoms with Crippen LogP contribution in [0.15, 0.2) is 0 Å². The highest BCUT2D eigenvalue weighted by atomic mass is 16.5. The molecular weight excluding hydrogens is 78.0 g/mol. The van der Waals surface area contributed by atoms with Crippen LogP contribution in [-0.2, 0) is 0 Å². The van der Waals surface area contributed by atoms with Crippen molar-refractivity contribution in [1.82, 2.24) is 5.48 Å². The standard InChI is InChI=1S/C3H9NO.CH4/c1-2-3-4-5;/h4-5H,2-3H2,1H3;1H4. The van der Waals surface area contributed by atoms with Crippen molar-refractivity contribution in [2.24, 2.45) is 0 Å². The molecule has 2 nitrogen and oxygen atoms in total. The van der Waals surface area contributed by atoms with E-state index in [2.05, 4.69) is 0 Å². The van der Waals surface area contributed by atoms with Crippen molar-refractivity contribution in [2.75, 3.05) is 6.54 Å². The van der Waals surface area contributed by atoms with Crippen LogP contribution in [0.25, 0.3) is 0 Å². The quantitative estimate of drug-likeness (QED) is 0.497. The molecule has 0 amide bonds. The Morgan fingerprint density at radius 2 is 2.17 bits per heavy atom. The minimum Gasteiger partial charge on any atom is -0.317 e. The third kappa shape index (κ3) is 9.07. The maximum atomic E-state index is 7.82. The van der Waals surface area contributed by atoms with E-state index in [1.165, 1.54) is 0 Å². The minimum atomic E-state index is 0. The Hall–Kier alpha value is -0.0800. The lowest BCUT2D eigenvalue weighted by Gasteiger charge is -1.83. The van der Waals surface area contributed by atoms with Crippen LogP contribution in [0.5, 0.6) is 0 Å².